The van der Waals surface area contributed by atoms with Crippen molar-refractivity contribution in [1.29, 1.82) is 0 Å². The zero-order chi connectivity index (χ0) is 17.8. The topological polar surface area (TPSA) is 48.2 Å². The third-order valence-electron chi connectivity index (χ3n) is 4.07. The molecule has 0 amide bonds. The summed E-state index contributed by atoms with van der Waals surface area (Å²) in [6, 6.07) is 25.7. The molecule has 4 aromatic rings. The van der Waals surface area contributed by atoms with E-state index in [-0.39, 0.29) is 0 Å². The number of aromatic nitrogens is 2. The molecule has 1 heterocycles. The van der Waals surface area contributed by atoms with Crippen LogP contribution in [0.4, 0.5) is 0 Å². The van der Waals surface area contributed by atoms with E-state index in [0.717, 1.165) is 22.4 Å². The first kappa shape index (κ1) is 16.1. The minimum absolute atomic E-state index is 0.494. The SMILES string of the molecule is Cc1ccc(COc2ccc(-c3nnc(-c4ccccc4)o3)cc2)cc1. The average Bonchev–Trinajstić information content (AvgIpc) is 3.19. The number of ether oxygens (including phenoxy) is 1. The lowest BCUT2D eigenvalue weighted by molar-refractivity contribution is 0.306. The van der Waals surface area contributed by atoms with Crippen molar-refractivity contribution in [3.8, 4) is 28.7 Å². The van der Waals surface area contributed by atoms with Crippen LogP contribution in [0, 0.1) is 6.92 Å². The maximum atomic E-state index is 5.83. The van der Waals surface area contributed by atoms with Crippen LogP contribution < -0.4 is 4.74 Å². The largest absolute Gasteiger partial charge is 0.489 e. The first-order chi connectivity index (χ1) is 12.8. The standard InChI is InChI=1S/C22H18N2O2/c1-16-7-9-17(10-8-16)15-25-20-13-11-19(12-14-20)22-24-23-21(26-22)18-5-3-2-4-6-18/h2-14H,15H2,1H3. The Bertz CT molecular complexity index is 975. The van der Waals surface area contributed by atoms with Gasteiger partial charge in [0.2, 0.25) is 11.8 Å². The Morgan fingerprint density at radius 1 is 0.731 bits per heavy atom. The van der Waals surface area contributed by atoms with Gasteiger partial charge in [0.1, 0.15) is 12.4 Å². The number of hydrogen-bond acceptors (Lipinski definition) is 4. The summed E-state index contributed by atoms with van der Waals surface area (Å²) in [4.78, 5) is 0. The Kier molecular flexibility index (Phi) is 4.48. The minimum atomic E-state index is 0.494. The van der Waals surface area contributed by atoms with Crippen LogP contribution in [-0.2, 0) is 6.61 Å². The Hall–Kier alpha value is -3.40. The van der Waals surface area contributed by atoms with E-state index < -0.39 is 0 Å². The number of benzene rings is 3. The van der Waals surface area contributed by atoms with Crippen molar-refractivity contribution in [1.82, 2.24) is 10.2 Å². The number of aryl methyl sites for hydroxylation is 1. The van der Waals surface area contributed by atoms with Crippen molar-refractivity contribution >= 4 is 0 Å². The highest BCUT2D eigenvalue weighted by Crippen LogP contribution is 2.25. The van der Waals surface area contributed by atoms with E-state index in [1.54, 1.807) is 0 Å². The first-order valence-electron chi connectivity index (χ1n) is 8.46. The van der Waals surface area contributed by atoms with E-state index in [4.69, 9.17) is 9.15 Å². The highest BCUT2D eigenvalue weighted by molar-refractivity contribution is 5.58. The van der Waals surface area contributed by atoms with Gasteiger partial charge in [-0.3, -0.25) is 0 Å². The summed E-state index contributed by atoms with van der Waals surface area (Å²) in [5.74, 6) is 1.81. The molecule has 4 nitrogen and oxygen atoms in total. The van der Waals surface area contributed by atoms with Crippen molar-refractivity contribution in [2.24, 2.45) is 0 Å². The lowest BCUT2D eigenvalue weighted by Gasteiger charge is -2.07. The predicted molar refractivity (Wildman–Crippen MR) is 101 cm³/mol. The normalized spacial score (nSPS) is 10.7. The molecule has 0 spiro atoms. The lowest BCUT2D eigenvalue weighted by atomic mass is 10.2. The zero-order valence-corrected chi connectivity index (χ0v) is 14.4. The molecule has 128 valence electrons. The van der Waals surface area contributed by atoms with E-state index in [1.807, 2.05) is 54.6 Å². The second-order valence-electron chi connectivity index (χ2n) is 6.08. The van der Waals surface area contributed by atoms with Crippen LogP contribution in [0.3, 0.4) is 0 Å². The van der Waals surface area contributed by atoms with Crippen LogP contribution in [0.5, 0.6) is 5.75 Å². The zero-order valence-electron chi connectivity index (χ0n) is 14.4. The summed E-state index contributed by atoms with van der Waals surface area (Å²) in [5, 5.41) is 8.26. The molecule has 0 saturated carbocycles. The fourth-order valence-electron chi connectivity index (χ4n) is 2.58. The molecule has 4 heteroatoms. The molecule has 0 radical (unpaired) electrons. The van der Waals surface area contributed by atoms with Crippen molar-refractivity contribution < 1.29 is 9.15 Å². The van der Waals surface area contributed by atoms with Gasteiger partial charge in [-0.2, -0.15) is 0 Å². The highest BCUT2D eigenvalue weighted by atomic mass is 16.5. The molecule has 0 aliphatic rings. The summed E-state index contributed by atoms with van der Waals surface area (Å²) in [6.45, 7) is 2.61. The molecule has 0 atom stereocenters. The maximum Gasteiger partial charge on any atom is 0.248 e. The van der Waals surface area contributed by atoms with Gasteiger partial charge in [-0.05, 0) is 48.9 Å². The van der Waals surface area contributed by atoms with Crippen molar-refractivity contribution in [2.75, 3.05) is 0 Å². The van der Waals surface area contributed by atoms with Crippen molar-refractivity contribution in [2.45, 2.75) is 13.5 Å². The van der Waals surface area contributed by atoms with Gasteiger partial charge in [0, 0.05) is 11.1 Å². The predicted octanol–water partition coefficient (Wildman–Crippen LogP) is 5.29. The summed E-state index contributed by atoms with van der Waals surface area (Å²) in [7, 11) is 0. The monoisotopic (exact) mass is 342 g/mol. The molecular weight excluding hydrogens is 324 g/mol. The van der Waals surface area contributed by atoms with E-state index >= 15 is 0 Å². The van der Waals surface area contributed by atoms with Gasteiger partial charge >= 0.3 is 0 Å². The van der Waals surface area contributed by atoms with Gasteiger partial charge in [-0.25, -0.2) is 0 Å². The summed E-state index contributed by atoms with van der Waals surface area (Å²) < 4.78 is 11.6. The number of nitrogens with zero attached hydrogens (tertiary/aromatic N) is 2. The van der Waals surface area contributed by atoms with Crippen molar-refractivity contribution in [3.63, 3.8) is 0 Å². The smallest absolute Gasteiger partial charge is 0.248 e. The molecule has 0 unspecified atom stereocenters. The Balaban J connectivity index is 1.44. The molecule has 0 bridgehead atoms. The van der Waals surface area contributed by atoms with Gasteiger partial charge in [0.05, 0.1) is 0 Å². The van der Waals surface area contributed by atoms with E-state index in [1.165, 1.54) is 5.56 Å². The van der Waals surface area contributed by atoms with Gasteiger partial charge in [-0.1, -0.05) is 48.0 Å². The molecule has 26 heavy (non-hydrogen) atoms. The molecule has 0 aliphatic carbocycles. The second kappa shape index (κ2) is 7.23. The third-order valence-corrected chi connectivity index (χ3v) is 4.07. The number of rotatable bonds is 5. The molecule has 0 fully saturated rings. The lowest BCUT2D eigenvalue weighted by Crippen LogP contribution is -1.95. The Morgan fingerprint density at radius 2 is 1.35 bits per heavy atom. The van der Waals surface area contributed by atoms with Gasteiger partial charge in [0.15, 0.2) is 0 Å². The van der Waals surface area contributed by atoms with Crippen LogP contribution in [-0.4, -0.2) is 10.2 Å². The van der Waals surface area contributed by atoms with Crippen LogP contribution >= 0.6 is 0 Å². The molecule has 3 aromatic carbocycles. The average molecular weight is 342 g/mol. The summed E-state index contributed by atoms with van der Waals surface area (Å²) in [5.41, 5.74) is 4.16. The second-order valence-corrected chi connectivity index (χ2v) is 6.08. The van der Waals surface area contributed by atoms with E-state index in [0.29, 0.717) is 18.4 Å². The number of hydrogen-bond donors (Lipinski definition) is 0. The Labute approximate surface area is 152 Å². The minimum Gasteiger partial charge on any atom is -0.489 e. The van der Waals surface area contributed by atoms with Gasteiger partial charge < -0.3 is 9.15 Å². The molecule has 0 aliphatic heterocycles. The van der Waals surface area contributed by atoms with E-state index in [9.17, 15) is 0 Å². The summed E-state index contributed by atoms with van der Waals surface area (Å²) in [6.07, 6.45) is 0. The quantitative estimate of drug-likeness (QED) is 0.494. The molecule has 1 aromatic heterocycles. The highest BCUT2D eigenvalue weighted by Gasteiger charge is 2.10. The third kappa shape index (κ3) is 3.64. The molecule has 0 saturated heterocycles. The molecule has 0 N–H and O–H groups in total. The fraction of sp³-hybridized carbons (Fsp3) is 0.0909. The fourth-order valence-corrected chi connectivity index (χ4v) is 2.58. The maximum absolute atomic E-state index is 5.83. The van der Waals surface area contributed by atoms with Crippen LogP contribution in [0.2, 0.25) is 0 Å². The van der Waals surface area contributed by atoms with Crippen molar-refractivity contribution in [3.05, 3.63) is 90.0 Å². The Morgan fingerprint density at radius 3 is 2.00 bits per heavy atom. The van der Waals surface area contributed by atoms with Crippen LogP contribution in [0.15, 0.2) is 83.3 Å². The summed E-state index contributed by atoms with van der Waals surface area (Å²) >= 11 is 0. The van der Waals surface area contributed by atoms with Gasteiger partial charge in [0.25, 0.3) is 0 Å². The molecular formula is C22H18N2O2. The van der Waals surface area contributed by atoms with E-state index in [2.05, 4.69) is 41.4 Å². The first-order valence-corrected chi connectivity index (χ1v) is 8.46. The van der Waals surface area contributed by atoms with Crippen LogP contribution in [0.1, 0.15) is 11.1 Å². The van der Waals surface area contributed by atoms with Gasteiger partial charge in [-0.15, -0.1) is 10.2 Å². The van der Waals surface area contributed by atoms with Crippen LogP contribution in [0.25, 0.3) is 22.9 Å². The molecule has 4 rings (SSSR count).